The highest BCUT2D eigenvalue weighted by Gasteiger charge is 2.25. The number of carbonyl (C=O) groups excluding carboxylic acids is 1. The minimum absolute atomic E-state index is 0.164. The highest BCUT2D eigenvalue weighted by atomic mass is 35.5. The first-order valence-corrected chi connectivity index (χ1v) is 9.75. The van der Waals surface area contributed by atoms with E-state index in [9.17, 15) is 4.79 Å². The summed E-state index contributed by atoms with van der Waals surface area (Å²) in [6.45, 7) is 0.475. The number of carbonyl (C=O) groups is 1. The number of hydrogen-bond acceptors (Lipinski definition) is 5. The molecule has 1 heterocycles. The van der Waals surface area contributed by atoms with E-state index in [0.717, 1.165) is 11.1 Å². The highest BCUT2D eigenvalue weighted by molar-refractivity contribution is 6.32. The zero-order valence-electron chi connectivity index (χ0n) is 16.0. The summed E-state index contributed by atoms with van der Waals surface area (Å²) in [4.78, 5) is 12.6. The third-order valence-electron chi connectivity index (χ3n) is 4.46. The van der Waals surface area contributed by atoms with Crippen LogP contribution in [0.15, 0.2) is 85.3 Å². The summed E-state index contributed by atoms with van der Waals surface area (Å²) < 4.78 is 22.3. The summed E-state index contributed by atoms with van der Waals surface area (Å²) in [5.74, 6) is -0.101. The molecule has 0 aromatic heterocycles. The van der Waals surface area contributed by atoms with Crippen LogP contribution in [0.25, 0.3) is 0 Å². The van der Waals surface area contributed by atoms with Gasteiger partial charge in [-0.1, -0.05) is 72.3 Å². The molecule has 0 unspecified atom stereocenters. The fourth-order valence-corrected chi connectivity index (χ4v) is 3.26. The van der Waals surface area contributed by atoms with E-state index in [4.69, 9.17) is 30.5 Å². The van der Waals surface area contributed by atoms with Crippen LogP contribution in [0.3, 0.4) is 0 Å². The lowest BCUT2D eigenvalue weighted by atomic mass is 10.1. The minimum Gasteiger partial charge on any atom is -0.487 e. The Bertz CT molecular complexity index is 1030. The summed E-state index contributed by atoms with van der Waals surface area (Å²) in [5, 5.41) is 0.272. The van der Waals surface area contributed by atoms with Crippen LogP contribution in [0, 0.1) is 0 Å². The zero-order chi connectivity index (χ0) is 20.8. The first-order chi connectivity index (χ1) is 14.7. The monoisotopic (exact) mass is 422 g/mol. The molecule has 1 aliphatic rings. The second-order valence-electron chi connectivity index (χ2n) is 6.59. The normalized spacial score (nSPS) is 12.8. The molecule has 152 valence electrons. The van der Waals surface area contributed by atoms with Gasteiger partial charge in [0.2, 0.25) is 0 Å². The third-order valence-corrected chi connectivity index (χ3v) is 4.74. The largest absolute Gasteiger partial charge is 0.487 e. The number of benzene rings is 3. The number of halogens is 1. The van der Waals surface area contributed by atoms with E-state index in [1.807, 2.05) is 60.7 Å². The van der Waals surface area contributed by atoms with Crippen molar-refractivity contribution in [3.63, 3.8) is 0 Å². The quantitative estimate of drug-likeness (QED) is 0.451. The van der Waals surface area contributed by atoms with Crippen molar-refractivity contribution in [3.8, 4) is 5.75 Å². The van der Waals surface area contributed by atoms with Crippen LogP contribution in [0.5, 0.6) is 5.75 Å². The Kier molecular flexibility index (Phi) is 6.20. The van der Waals surface area contributed by atoms with Gasteiger partial charge in [-0.2, -0.15) is 0 Å². The molecule has 1 aliphatic heterocycles. The molecule has 5 nitrogen and oxygen atoms in total. The molecule has 0 saturated carbocycles. The molecule has 30 heavy (non-hydrogen) atoms. The molecule has 0 saturated heterocycles. The van der Waals surface area contributed by atoms with Crippen LogP contribution in [-0.2, 0) is 27.4 Å². The smallest absolute Gasteiger partial charge is 0.338 e. The molecule has 0 aliphatic carbocycles. The summed E-state index contributed by atoms with van der Waals surface area (Å²) >= 11 is 6.48. The van der Waals surface area contributed by atoms with E-state index < -0.39 is 12.3 Å². The Morgan fingerprint density at radius 2 is 1.47 bits per heavy atom. The van der Waals surface area contributed by atoms with Gasteiger partial charge >= 0.3 is 5.97 Å². The van der Waals surface area contributed by atoms with Gasteiger partial charge in [0.05, 0.1) is 16.1 Å². The fraction of sp³-hybridized carbons (Fsp3) is 0.125. The second kappa shape index (κ2) is 9.37. The lowest BCUT2D eigenvalue weighted by Gasteiger charge is -2.18. The van der Waals surface area contributed by atoms with Crippen LogP contribution >= 0.6 is 11.6 Å². The molecule has 0 spiro atoms. The van der Waals surface area contributed by atoms with Crippen LogP contribution in [-0.4, -0.2) is 5.97 Å². The average molecular weight is 423 g/mol. The maximum absolute atomic E-state index is 12.6. The molecule has 0 radical (unpaired) electrons. The predicted molar refractivity (Wildman–Crippen MR) is 112 cm³/mol. The van der Waals surface area contributed by atoms with E-state index in [2.05, 4.69) is 0 Å². The van der Waals surface area contributed by atoms with Crippen LogP contribution in [0.1, 0.15) is 33.3 Å². The molecule has 3 aromatic rings. The topological polar surface area (TPSA) is 54.0 Å². The van der Waals surface area contributed by atoms with Crippen molar-refractivity contribution in [1.29, 1.82) is 0 Å². The van der Waals surface area contributed by atoms with Gasteiger partial charge in [0.25, 0.3) is 6.29 Å². The van der Waals surface area contributed by atoms with Gasteiger partial charge in [0, 0.05) is 0 Å². The number of esters is 1. The van der Waals surface area contributed by atoms with Gasteiger partial charge in [0.1, 0.15) is 31.5 Å². The molecule has 6 heteroatoms. The van der Waals surface area contributed by atoms with E-state index in [1.54, 1.807) is 6.07 Å². The molecular formula is C24H19ClO5. The van der Waals surface area contributed by atoms with Gasteiger partial charge in [0.15, 0.2) is 0 Å². The van der Waals surface area contributed by atoms with Gasteiger partial charge in [-0.05, 0) is 23.3 Å². The van der Waals surface area contributed by atoms with Crippen molar-refractivity contribution >= 4 is 17.6 Å². The van der Waals surface area contributed by atoms with Gasteiger partial charge in [-0.25, -0.2) is 4.79 Å². The van der Waals surface area contributed by atoms with Crippen LogP contribution < -0.4 is 4.74 Å². The molecular weight excluding hydrogens is 404 g/mol. The standard InChI is InChI=1S/C24H19ClO5/c25-21-14-19(23(26)30-16-18-9-5-2-6-10-18)13-20(24-27-11-12-28-24)22(21)29-15-17-7-3-1-4-8-17/h1-14,24H,15-16H2. The summed E-state index contributed by atoms with van der Waals surface area (Å²) in [6, 6.07) is 22.3. The first kappa shape index (κ1) is 19.9. The van der Waals surface area contributed by atoms with Gasteiger partial charge in [-0.15, -0.1) is 0 Å². The summed E-state index contributed by atoms with van der Waals surface area (Å²) in [7, 11) is 0. The van der Waals surface area contributed by atoms with E-state index in [1.165, 1.54) is 18.6 Å². The predicted octanol–water partition coefficient (Wildman–Crippen LogP) is 5.79. The van der Waals surface area contributed by atoms with E-state index in [0.29, 0.717) is 17.9 Å². The summed E-state index contributed by atoms with van der Waals surface area (Å²) in [6.07, 6.45) is 2.11. The number of hydrogen-bond donors (Lipinski definition) is 0. The van der Waals surface area contributed by atoms with E-state index >= 15 is 0 Å². The van der Waals surface area contributed by atoms with Crippen LogP contribution in [0.4, 0.5) is 0 Å². The Balaban J connectivity index is 1.55. The molecule has 0 bridgehead atoms. The number of rotatable bonds is 7. The fourth-order valence-electron chi connectivity index (χ4n) is 2.98. The first-order valence-electron chi connectivity index (χ1n) is 9.38. The third kappa shape index (κ3) is 4.75. The van der Waals surface area contributed by atoms with Crippen molar-refractivity contribution in [3.05, 3.63) is 113 Å². The molecule has 4 rings (SSSR count). The molecule has 0 atom stereocenters. The van der Waals surface area contributed by atoms with Crippen molar-refractivity contribution in [1.82, 2.24) is 0 Å². The summed E-state index contributed by atoms with van der Waals surface area (Å²) in [5.41, 5.74) is 2.68. The van der Waals surface area contributed by atoms with Crippen molar-refractivity contribution in [2.75, 3.05) is 0 Å². The molecule has 3 aromatic carbocycles. The Morgan fingerprint density at radius 3 is 2.10 bits per heavy atom. The average Bonchev–Trinajstić information content (AvgIpc) is 3.32. The maximum Gasteiger partial charge on any atom is 0.338 e. The Hall–Kier alpha value is -3.44. The lowest BCUT2D eigenvalue weighted by molar-refractivity contribution is -0.0266. The zero-order valence-corrected chi connectivity index (χ0v) is 16.7. The van der Waals surface area contributed by atoms with Crippen molar-refractivity contribution in [2.24, 2.45) is 0 Å². The molecule has 0 amide bonds. The highest BCUT2D eigenvalue weighted by Crippen LogP contribution is 2.38. The van der Waals surface area contributed by atoms with Crippen molar-refractivity contribution in [2.45, 2.75) is 19.5 Å². The minimum atomic E-state index is -0.754. The van der Waals surface area contributed by atoms with Gasteiger partial charge < -0.3 is 18.9 Å². The molecule has 0 fully saturated rings. The molecule has 0 N–H and O–H groups in total. The van der Waals surface area contributed by atoms with Crippen LogP contribution in [0.2, 0.25) is 5.02 Å². The van der Waals surface area contributed by atoms with E-state index in [-0.39, 0.29) is 17.2 Å². The SMILES string of the molecule is O=C(OCc1ccccc1)c1cc(Cl)c(OCc2ccccc2)c(C2OC=CO2)c1. The van der Waals surface area contributed by atoms with Gasteiger partial charge in [-0.3, -0.25) is 0 Å². The Morgan fingerprint density at radius 1 is 0.867 bits per heavy atom. The lowest BCUT2D eigenvalue weighted by Crippen LogP contribution is -2.10. The second-order valence-corrected chi connectivity index (χ2v) is 7.00. The number of ether oxygens (including phenoxy) is 4. The van der Waals surface area contributed by atoms with Crippen molar-refractivity contribution < 1.29 is 23.7 Å². The maximum atomic E-state index is 12.6. The Labute approximate surface area is 179 Å².